The molecule has 0 atom stereocenters. The van der Waals surface area contributed by atoms with Gasteiger partial charge in [-0.2, -0.15) is 0 Å². The Labute approximate surface area is 70.5 Å². The van der Waals surface area contributed by atoms with Crippen molar-refractivity contribution in [1.29, 1.82) is 0 Å². The molecule has 2 aromatic rings. The number of rotatable bonds is 1. The average molecular weight is 159 g/mol. The monoisotopic (exact) mass is 159 g/mol. The van der Waals surface area contributed by atoms with Gasteiger partial charge in [0.2, 0.25) is 0 Å². The fourth-order valence-electron chi connectivity index (χ4n) is 1.01. The third-order valence-electron chi connectivity index (χ3n) is 1.65. The molecule has 0 spiro atoms. The molecule has 0 saturated carbocycles. The molecule has 0 aliphatic carbocycles. The van der Waals surface area contributed by atoms with E-state index in [4.69, 9.17) is 0 Å². The van der Waals surface area contributed by atoms with Gasteiger partial charge < -0.3 is 4.98 Å². The van der Waals surface area contributed by atoms with Crippen molar-refractivity contribution in [3.8, 4) is 11.5 Å². The minimum Gasteiger partial charge on any atom is -0.343 e. The van der Waals surface area contributed by atoms with Gasteiger partial charge in [0.15, 0.2) is 5.82 Å². The van der Waals surface area contributed by atoms with Gasteiger partial charge in [0.25, 0.3) is 0 Å². The first-order valence-electron chi connectivity index (χ1n) is 3.78. The normalized spacial score (nSPS) is 10.1. The van der Waals surface area contributed by atoms with Crippen LogP contribution in [0, 0.1) is 6.92 Å². The third-order valence-corrected chi connectivity index (χ3v) is 1.65. The lowest BCUT2D eigenvalue weighted by atomic mass is 10.3. The van der Waals surface area contributed by atoms with Gasteiger partial charge in [-0.3, -0.25) is 4.98 Å². The summed E-state index contributed by atoms with van der Waals surface area (Å²) in [6.07, 6.45) is 5.34. The highest BCUT2D eigenvalue weighted by Gasteiger charge is 1.98. The molecule has 3 nitrogen and oxygen atoms in total. The summed E-state index contributed by atoms with van der Waals surface area (Å²) in [7, 11) is 0. The molecule has 12 heavy (non-hydrogen) atoms. The molecule has 3 heteroatoms. The highest BCUT2D eigenvalue weighted by atomic mass is 14.9. The van der Waals surface area contributed by atoms with Crippen LogP contribution in [-0.4, -0.2) is 15.0 Å². The zero-order chi connectivity index (χ0) is 8.39. The smallest absolute Gasteiger partial charge is 0.155 e. The lowest BCUT2D eigenvalue weighted by molar-refractivity contribution is 1.20. The second-order valence-electron chi connectivity index (χ2n) is 2.66. The van der Waals surface area contributed by atoms with Crippen molar-refractivity contribution in [3.63, 3.8) is 0 Å². The average Bonchev–Trinajstić information content (AvgIpc) is 2.58. The van der Waals surface area contributed by atoms with E-state index in [2.05, 4.69) is 15.0 Å². The summed E-state index contributed by atoms with van der Waals surface area (Å²) >= 11 is 0. The summed E-state index contributed by atoms with van der Waals surface area (Å²) < 4.78 is 0. The topological polar surface area (TPSA) is 41.6 Å². The van der Waals surface area contributed by atoms with Crippen LogP contribution in [0.15, 0.2) is 30.7 Å². The van der Waals surface area contributed by atoms with Crippen molar-refractivity contribution >= 4 is 0 Å². The van der Waals surface area contributed by atoms with Gasteiger partial charge in [-0.05, 0) is 18.6 Å². The van der Waals surface area contributed by atoms with Crippen molar-refractivity contribution in [2.75, 3.05) is 0 Å². The van der Waals surface area contributed by atoms with E-state index in [0.29, 0.717) is 0 Å². The van der Waals surface area contributed by atoms with Crippen LogP contribution >= 0.6 is 0 Å². The van der Waals surface area contributed by atoms with Crippen molar-refractivity contribution in [2.45, 2.75) is 6.92 Å². The minimum atomic E-state index is 0.815. The predicted octanol–water partition coefficient (Wildman–Crippen LogP) is 1.78. The zero-order valence-electron chi connectivity index (χ0n) is 6.78. The molecule has 0 aliphatic heterocycles. The number of nitrogens with one attached hydrogen (secondary N) is 1. The molecule has 60 valence electrons. The number of nitrogens with zero attached hydrogens (tertiary/aromatic N) is 2. The number of hydrogen-bond donors (Lipinski definition) is 1. The summed E-state index contributed by atoms with van der Waals surface area (Å²) in [5.74, 6) is 0.815. The van der Waals surface area contributed by atoms with E-state index in [1.165, 1.54) is 0 Å². The van der Waals surface area contributed by atoms with E-state index in [9.17, 15) is 0 Å². The standard InChI is InChI=1S/C9H9N3/c1-7-2-3-8(12-6-7)9-10-4-5-11-9/h2-6H,1H3,(H,10,11). The zero-order valence-corrected chi connectivity index (χ0v) is 6.78. The van der Waals surface area contributed by atoms with Gasteiger partial charge >= 0.3 is 0 Å². The molecule has 0 saturated heterocycles. The van der Waals surface area contributed by atoms with E-state index in [1.807, 2.05) is 25.3 Å². The number of pyridine rings is 1. The molecule has 0 aliphatic rings. The number of aromatic nitrogens is 3. The van der Waals surface area contributed by atoms with Crippen LogP contribution in [-0.2, 0) is 0 Å². The first-order chi connectivity index (χ1) is 5.86. The lowest BCUT2D eigenvalue weighted by Gasteiger charge is -1.95. The number of aromatic amines is 1. The third kappa shape index (κ3) is 1.21. The van der Waals surface area contributed by atoms with E-state index >= 15 is 0 Å². The first kappa shape index (κ1) is 7.03. The van der Waals surface area contributed by atoms with Gasteiger partial charge in [-0.25, -0.2) is 4.98 Å². The maximum atomic E-state index is 4.23. The lowest BCUT2D eigenvalue weighted by Crippen LogP contribution is -1.85. The van der Waals surface area contributed by atoms with Crippen LogP contribution in [0.25, 0.3) is 11.5 Å². The summed E-state index contributed by atoms with van der Waals surface area (Å²) in [6.45, 7) is 2.01. The highest BCUT2D eigenvalue weighted by Crippen LogP contribution is 2.10. The molecule has 1 N–H and O–H groups in total. The number of imidazole rings is 1. The number of hydrogen-bond acceptors (Lipinski definition) is 2. The van der Waals surface area contributed by atoms with E-state index in [1.54, 1.807) is 12.4 Å². The Balaban J connectivity index is 2.43. The quantitative estimate of drug-likeness (QED) is 0.689. The molecule has 0 aromatic carbocycles. The van der Waals surface area contributed by atoms with E-state index in [-0.39, 0.29) is 0 Å². The van der Waals surface area contributed by atoms with Crippen molar-refractivity contribution in [1.82, 2.24) is 15.0 Å². The summed E-state index contributed by atoms with van der Waals surface area (Å²) in [5.41, 5.74) is 2.04. The second kappa shape index (κ2) is 2.77. The molecular weight excluding hydrogens is 150 g/mol. The van der Waals surface area contributed by atoms with Crippen molar-refractivity contribution in [3.05, 3.63) is 36.3 Å². The number of H-pyrrole nitrogens is 1. The Morgan fingerprint density at radius 3 is 2.75 bits per heavy atom. The van der Waals surface area contributed by atoms with E-state index in [0.717, 1.165) is 17.1 Å². The SMILES string of the molecule is Cc1ccc(-c2ncc[nH]2)nc1. The van der Waals surface area contributed by atoms with Gasteiger partial charge in [0.1, 0.15) is 5.69 Å². The Morgan fingerprint density at radius 2 is 2.17 bits per heavy atom. The molecule has 0 bridgehead atoms. The largest absolute Gasteiger partial charge is 0.343 e. The van der Waals surface area contributed by atoms with Gasteiger partial charge in [0.05, 0.1) is 0 Å². The molecule has 0 fully saturated rings. The van der Waals surface area contributed by atoms with Gasteiger partial charge in [-0.15, -0.1) is 0 Å². The molecule has 0 amide bonds. The molecule has 2 heterocycles. The van der Waals surface area contributed by atoms with Crippen LogP contribution in [0.4, 0.5) is 0 Å². The maximum absolute atomic E-state index is 4.23. The van der Waals surface area contributed by atoms with Crippen LogP contribution in [0.5, 0.6) is 0 Å². The Hall–Kier alpha value is -1.64. The fraction of sp³-hybridized carbons (Fsp3) is 0.111. The van der Waals surface area contributed by atoms with Crippen LogP contribution in [0.2, 0.25) is 0 Å². The van der Waals surface area contributed by atoms with Crippen LogP contribution < -0.4 is 0 Å². The van der Waals surface area contributed by atoms with Crippen molar-refractivity contribution in [2.24, 2.45) is 0 Å². The molecule has 2 aromatic heterocycles. The Kier molecular flexibility index (Phi) is 1.63. The van der Waals surface area contributed by atoms with E-state index < -0.39 is 0 Å². The first-order valence-corrected chi connectivity index (χ1v) is 3.78. The second-order valence-corrected chi connectivity index (χ2v) is 2.66. The minimum absolute atomic E-state index is 0.815. The van der Waals surface area contributed by atoms with Gasteiger partial charge in [0, 0.05) is 18.6 Å². The molecule has 0 unspecified atom stereocenters. The number of aryl methyl sites for hydroxylation is 1. The maximum Gasteiger partial charge on any atom is 0.155 e. The predicted molar refractivity (Wildman–Crippen MR) is 46.6 cm³/mol. The summed E-state index contributed by atoms with van der Waals surface area (Å²) in [4.78, 5) is 11.3. The highest BCUT2D eigenvalue weighted by molar-refractivity contribution is 5.48. The van der Waals surface area contributed by atoms with Crippen LogP contribution in [0.3, 0.4) is 0 Å². The fourth-order valence-corrected chi connectivity index (χ4v) is 1.01. The summed E-state index contributed by atoms with van der Waals surface area (Å²) in [5, 5.41) is 0. The van der Waals surface area contributed by atoms with Gasteiger partial charge in [-0.1, -0.05) is 6.07 Å². The van der Waals surface area contributed by atoms with Crippen molar-refractivity contribution < 1.29 is 0 Å². The Bertz CT molecular complexity index is 348. The summed E-state index contributed by atoms with van der Waals surface area (Å²) in [6, 6.07) is 3.97. The molecule has 0 radical (unpaired) electrons. The Morgan fingerprint density at radius 1 is 1.25 bits per heavy atom. The molecular formula is C9H9N3. The van der Waals surface area contributed by atoms with Crippen LogP contribution in [0.1, 0.15) is 5.56 Å². The molecule has 2 rings (SSSR count).